The highest BCUT2D eigenvalue weighted by Gasteiger charge is 2.23. The predicted molar refractivity (Wildman–Crippen MR) is 97.7 cm³/mol. The van der Waals surface area contributed by atoms with Crippen LogP contribution in [-0.4, -0.2) is 40.8 Å². The van der Waals surface area contributed by atoms with Crippen molar-refractivity contribution in [1.29, 1.82) is 0 Å². The largest absolute Gasteiger partial charge is 0.459 e. The molecule has 1 aliphatic rings. The number of nitrogens with zero attached hydrogens (tertiary/aromatic N) is 1. The molecule has 2 aromatic rings. The summed E-state index contributed by atoms with van der Waals surface area (Å²) in [5.41, 5.74) is 0.740. The molecule has 1 heterocycles. The molecular formula is C19H21NO5S. The first-order valence-corrected chi connectivity index (χ1v) is 9.85. The van der Waals surface area contributed by atoms with Gasteiger partial charge in [0.15, 0.2) is 0 Å². The zero-order valence-electron chi connectivity index (χ0n) is 14.5. The Labute approximate surface area is 153 Å². The fourth-order valence-corrected chi connectivity index (χ4v) is 3.99. The monoisotopic (exact) mass is 375 g/mol. The molecular weight excluding hydrogens is 354 g/mol. The van der Waals surface area contributed by atoms with Crippen LogP contribution in [0, 0.1) is 0 Å². The SMILES string of the molecule is CN(c1ccccc1)S(=O)(=O)c1cccc(C(=O)OC[C@@H]2CCCO2)c1. The van der Waals surface area contributed by atoms with E-state index in [1.165, 1.54) is 29.6 Å². The van der Waals surface area contributed by atoms with Crippen molar-refractivity contribution in [1.82, 2.24) is 0 Å². The van der Waals surface area contributed by atoms with E-state index in [0.29, 0.717) is 12.3 Å². The maximum atomic E-state index is 12.8. The molecule has 0 bridgehead atoms. The van der Waals surface area contributed by atoms with Crippen molar-refractivity contribution in [2.75, 3.05) is 24.6 Å². The van der Waals surface area contributed by atoms with Crippen LogP contribution < -0.4 is 4.31 Å². The van der Waals surface area contributed by atoms with Crippen molar-refractivity contribution in [3.8, 4) is 0 Å². The molecule has 0 unspecified atom stereocenters. The smallest absolute Gasteiger partial charge is 0.338 e. The van der Waals surface area contributed by atoms with E-state index in [9.17, 15) is 13.2 Å². The summed E-state index contributed by atoms with van der Waals surface area (Å²) < 4.78 is 37.5. The molecule has 0 spiro atoms. The minimum Gasteiger partial charge on any atom is -0.459 e. The number of esters is 1. The van der Waals surface area contributed by atoms with Crippen molar-refractivity contribution in [3.63, 3.8) is 0 Å². The molecule has 1 aliphatic heterocycles. The van der Waals surface area contributed by atoms with Gasteiger partial charge in [0, 0.05) is 13.7 Å². The molecule has 0 saturated carbocycles. The lowest BCUT2D eigenvalue weighted by molar-refractivity contribution is 0.0161. The summed E-state index contributed by atoms with van der Waals surface area (Å²) in [6.07, 6.45) is 1.75. The van der Waals surface area contributed by atoms with Crippen LogP contribution in [0.3, 0.4) is 0 Å². The number of carbonyl (C=O) groups excluding carboxylic acids is 1. The molecule has 26 heavy (non-hydrogen) atoms. The van der Waals surface area contributed by atoms with Crippen LogP contribution in [0.15, 0.2) is 59.5 Å². The Hall–Kier alpha value is -2.38. The lowest BCUT2D eigenvalue weighted by Crippen LogP contribution is -2.26. The fraction of sp³-hybridized carbons (Fsp3) is 0.316. The molecule has 138 valence electrons. The van der Waals surface area contributed by atoms with Gasteiger partial charge in [-0.3, -0.25) is 4.31 Å². The maximum absolute atomic E-state index is 12.8. The van der Waals surface area contributed by atoms with Gasteiger partial charge in [0.05, 0.1) is 22.3 Å². The number of rotatable bonds is 6. The molecule has 0 amide bonds. The standard InChI is InChI=1S/C19H21NO5S/c1-20(16-8-3-2-4-9-16)26(22,23)18-11-5-7-15(13-18)19(21)25-14-17-10-6-12-24-17/h2-5,7-9,11,13,17H,6,10,12,14H2,1H3/t17-/m0/s1. The lowest BCUT2D eigenvalue weighted by Gasteiger charge is -2.19. The van der Waals surface area contributed by atoms with Gasteiger partial charge in [0.2, 0.25) is 0 Å². The third-order valence-electron chi connectivity index (χ3n) is 4.27. The van der Waals surface area contributed by atoms with E-state index in [1.807, 2.05) is 6.07 Å². The van der Waals surface area contributed by atoms with Crippen LogP contribution in [0.4, 0.5) is 5.69 Å². The van der Waals surface area contributed by atoms with Crippen LogP contribution in [0.5, 0.6) is 0 Å². The third kappa shape index (κ3) is 4.05. The number of anilines is 1. The number of carbonyl (C=O) groups is 1. The second kappa shape index (κ2) is 7.88. The highest BCUT2D eigenvalue weighted by Crippen LogP contribution is 2.22. The zero-order chi connectivity index (χ0) is 18.6. The fourth-order valence-electron chi connectivity index (χ4n) is 2.75. The Balaban J connectivity index is 1.76. The number of ether oxygens (including phenoxy) is 2. The van der Waals surface area contributed by atoms with E-state index in [0.717, 1.165) is 12.8 Å². The van der Waals surface area contributed by atoms with Gasteiger partial charge in [-0.2, -0.15) is 0 Å². The first-order chi connectivity index (χ1) is 12.5. The molecule has 7 heteroatoms. The number of hydrogen-bond acceptors (Lipinski definition) is 5. The van der Waals surface area contributed by atoms with Crippen molar-refractivity contribution < 1.29 is 22.7 Å². The van der Waals surface area contributed by atoms with Crippen LogP contribution in [0.1, 0.15) is 23.2 Å². The summed E-state index contributed by atoms with van der Waals surface area (Å²) in [4.78, 5) is 12.3. The quantitative estimate of drug-likeness (QED) is 0.726. The summed E-state index contributed by atoms with van der Waals surface area (Å²) in [6.45, 7) is 0.863. The Morgan fingerprint density at radius 1 is 1.19 bits per heavy atom. The van der Waals surface area contributed by atoms with Gasteiger partial charge >= 0.3 is 5.97 Å². The summed E-state index contributed by atoms with van der Waals surface area (Å²) in [5.74, 6) is -0.556. The number of para-hydroxylation sites is 1. The summed E-state index contributed by atoms with van der Waals surface area (Å²) in [5, 5.41) is 0. The van der Waals surface area contributed by atoms with Gasteiger partial charge in [-0.05, 0) is 43.2 Å². The Morgan fingerprint density at radius 3 is 2.65 bits per heavy atom. The minimum atomic E-state index is -3.78. The minimum absolute atomic E-state index is 0.0374. The average Bonchev–Trinajstić information content (AvgIpc) is 3.20. The van der Waals surface area contributed by atoms with E-state index in [1.54, 1.807) is 30.3 Å². The van der Waals surface area contributed by atoms with E-state index in [2.05, 4.69) is 0 Å². The molecule has 1 saturated heterocycles. The second-order valence-corrected chi connectivity index (χ2v) is 8.04. The molecule has 0 N–H and O–H groups in total. The summed E-state index contributed by atoms with van der Waals surface area (Å²) >= 11 is 0. The van der Waals surface area contributed by atoms with Gasteiger partial charge in [-0.25, -0.2) is 13.2 Å². The lowest BCUT2D eigenvalue weighted by atomic mass is 10.2. The summed E-state index contributed by atoms with van der Waals surface area (Å²) in [6, 6.07) is 14.6. The van der Waals surface area contributed by atoms with E-state index < -0.39 is 16.0 Å². The molecule has 0 radical (unpaired) electrons. The highest BCUT2D eigenvalue weighted by molar-refractivity contribution is 7.92. The molecule has 1 atom stereocenters. The van der Waals surface area contributed by atoms with Gasteiger partial charge < -0.3 is 9.47 Å². The van der Waals surface area contributed by atoms with Gasteiger partial charge in [-0.1, -0.05) is 24.3 Å². The first-order valence-electron chi connectivity index (χ1n) is 8.41. The average molecular weight is 375 g/mol. The Kier molecular flexibility index (Phi) is 5.58. The van der Waals surface area contributed by atoms with E-state index in [-0.39, 0.29) is 23.2 Å². The van der Waals surface area contributed by atoms with Crippen LogP contribution in [0.2, 0.25) is 0 Å². The molecule has 3 rings (SSSR count). The normalized spacial score (nSPS) is 17.0. The van der Waals surface area contributed by atoms with Crippen molar-refractivity contribution >= 4 is 21.7 Å². The second-order valence-electron chi connectivity index (χ2n) is 6.07. The third-order valence-corrected chi connectivity index (χ3v) is 6.05. The number of benzene rings is 2. The molecule has 0 aliphatic carbocycles. The maximum Gasteiger partial charge on any atom is 0.338 e. The van der Waals surface area contributed by atoms with Crippen molar-refractivity contribution in [2.24, 2.45) is 0 Å². The Bertz CT molecular complexity index is 861. The van der Waals surface area contributed by atoms with E-state index in [4.69, 9.17) is 9.47 Å². The molecule has 6 nitrogen and oxygen atoms in total. The van der Waals surface area contributed by atoms with Gasteiger partial charge in [-0.15, -0.1) is 0 Å². The van der Waals surface area contributed by atoms with Gasteiger partial charge in [0.25, 0.3) is 10.0 Å². The zero-order valence-corrected chi connectivity index (χ0v) is 15.3. The highest BCUT2D eigenvalue weighted by atomic mass is 32.2. The molecule has 2 aromatic carbocycles. The number of hydrogen-bond donors (Lipinski definition) is 0. The first kappa shape index (κ1) is 18.4. The summed E-state index contributed by atoms with van der Waals surface area (Å²) in [7, 11) is -2.30. The van der Waals surface area contributed by atoms with Gasteiger partial charge in [0.1, 0.15) is 6.61 Å². The Morgan fingerprint density at radius 2 is 1.96 bits per heavy atom. The molecule has 1 fully saturated rings. The van der Waals surface area contributed by atoms with Crippen LogP contribution in [0.25, 0.3) is 0 Å². The molecule has 0 aromatic heterocycles. The van der Waals surface area contributed by atoms with Crippen molar-refractivity contribution in [2.45, 2.75) is 23.8 Å². The van der Waals surface area contributed by atoms with Crippen molar-refractivity contribution in [3.05, 3.63) is 60.2 Å². The van der Waals surface area contributed by atoms with Crippen LogP contribution >= 0.6 is 0 Å². The van der Waals surface area contributed by atoms with Crippen LogP contribution in [-0.2, 0) is 19.5 Å². The predicted octanol–water partition coefficient (Wildman–Crippen LogP) is 2.85. The van der Waals surface area contributed by atoms with E-state index >= 15 is 0 Å². The topological polar surface area (TPSA) is 72.9 Å². The number of sulfonamides is 1.